The molecule has 18 heavy (non-hydrogen) atoms. The van der Waals surface area contributed by atoms with Crippen LogP contribution < -0.4 is 10.6 Å². The molecule has 0 spiro atoms. The van der Waals surface area contributed by atoms with Crippen molar-refractivity contribution >= 4 is 23.0 Å². The van der Waals surface area contributed by atoms with Crippen molar-refractivity contribution in [2.75, 3.05) is 37.4 Å². The molecule has 1 heterocycles. The molecule has 0 aromatic heterocycles. The van der Waals surface area contributed by atoms with E-state index in [0.717, 1.165) is 5.69 Å². The Labute approximate surface area is 112 Å². The van der Waals surface area contributed by atoms with Crippen molar-refractivity contribution < 1.29 is 9.84 Å². The van der Waals surface area contributed by atoms with E-state index in [0.29, 0.717) is 43.3 Å². The number of nitrogens with zero attached hydrogens (tertiary/aromatic N) is 1. The average molecular weight is 271 g/mol. The van der Waals surface area contributed by atoms with Crippen LogP contribution in [-0.4, -0.2) is 37.5 Å². The van der Waals surface area contributed by atoms with E-state index in [1.165, 1.54) is 0 Å². The third kappa shape index (κ3) is 2.88. The van der Waals surface area contributed by atoms with Crippen LogP contribution in [0.3, 0.4) is 0 Å². The van der Waals surface area contributed by atoms with Gasteiger partial charge in [-0.05, 0) is 12.1 Å². The lowest BCUT2D eigenvalue weighted by Gasteiger charge is -2.36. The van der Waals surface area contributed by atoms with E-state index in [4.69, 9.17) is 22.1 Å². The summed E-state index contributed by atoms with van der Waals surface area (Å²) in [5, 5.41) is 11.1. The summed E-state index contributed by atoms with van der Waals surface area (Å²) in [6.45, 7) is 1.70. The first-order valence-corrected chi connectivity index (χ1v) is 6.45. The molecule has 0 atom stereocenters. The molecule has 1 aromatic carbocycles. The van der Waals surface area contributed by atoms with Crippen LogP contribution in [0.4, 0.5) is 11.4 Å². The first-order chi connectivity index (χ1) is 8.52. The number of nitrogens with two attached hydrogens (primary N) is 1. The quantitative estimate of drug-likeness (QED) is 0.824. The van der Waals surface area contributed by atoms with Crippen molar-refractivity contribution in [3.8, 4) is 0 Å². The van der Waals surface area contributed by atoms with Gasteiger partial charge in [0, 0.05) is 39.6 Å². The summed E-state index contributed by atoms with van der Waals surface area (Å²) in [5.41, 5.74) is 6.62. The number of anilines is 2. The Morgan fingerprint density at radius 1 is 1.44 bits per heavy atom. The number of hydrogen-bond donors (Lipinski definition) is 2. The third-order valence-electron chi connectivity index (χ3n) is 3.35. The lowest BCUT2D eigenvalue weighted by molar-refractivity contribution is -0.0572. The number of halogens is 1. The second-order valence-electron chi connectivity index (χ2n) is 4.87. The maximum Gasteiger partial charge on any atom is 0.0865 e. The minimum Gasteiger partial charge on any atom is -0.397 e. The van der Waals surface area contributed by atoms with Gasteiger partial charge in [-0.3, -0.25) is 0 Å². The summed E-state index contributed by atoms with van der Waals surface area (Å²) in [4.78, 5) is 1.92. The van der Waals surface area contributed by atoms with Crippen LogP contribution in [0.2, 0.25) is 5.02 Å². The zero-order valence-electron chi connectivity index (χ0n) is 10.5. The number of likely N-dealkylation sites (N-methyl/N-ethyl adjacent to an activating group) is 1. The van der Waals surface area contributed by atoms with Crippen molar-refractivity contribution in [2.24, 2.45) is 0 Å². The Hall–Kier alpha value is -0.970. The molecule has 1 aromatic rings. The van der Waals surface area contributed by atoms with Crippen LogP contribution in [0.1, 0.15) is 12.8 Å². The molecule has 4 nitrogen and oxygen atoms in total. The number of hydrogen-bond acceptors (Lipinski definition) is 4. The van der Waals surface area contributed by atoms with E-state index in [9.17, 15) is 5.11 Å². The molecule has 1 aliphatic heterocycles. The normalized spacial score (nSPS) is 18.6. The van der Waals surface area contributed by atoms with Crippen LogP contribution in [0.15, 0.2) is 18.2 Å². The number of benzene rings is 1. The van der Waals surface area contributed by atoms with Gasteiger partial charge < -0.3 is 20.5 Å². The monoisotopic (exact) mass is 270 g/mol. The molecule has 3 N–H and O–H groups in total. The van der Waals surface area contributed by atoms with Crippen molar-refractivity contribution in [1.82, 2.24) is 0 Å². The predicted molar refractivity (Wildman–Crippen MR) is 74.1 cm³/mol. The highest BCUT2D eigenvalue weighted by atomic mass is 35.5. The largest absolute Gasteiger partial charge is 0.397 e. The molecule has 5 heteroatoms. The van der Waals surface area contributed by atoms with Gasteiger partial charge in [-0.25, -0.2) is 0 Å². The summed E-state index contributed by atoms with van der Waals surface area (Å²) < 4.78 is 5.27. The average Bonchev–Trinajstić information content (AvgIpc) is 2.28. The summed E-state index contributed by atoms with van der Waals surface area (Å²) in [6.07, 6.45) is 1.28. The van der Waals surface area contributed by atoms with E-state index in [1.807, 2.05) is 24.1 Å². The second kappa shape index (κ2) is 5.34. The smallest absolute Gasteiger partial charge is 0.0865 e. The summed E-state index contributed by atoms with van der Waals surface area (Å²) in [6, 6.07) is 5.43. The second-order valence-corrected chi connectivity index (χ2v) is 5.28. The molecule has 0 saturated carbocycles. The summed E-state index contributed by atoms with van der Waals surface area (Å²) in [7, 11) is 1.89. The number of rotatable bonds is 3. The van der Waals surface area contributed by atoms with Crippen molar-refractivity contribution in [1.29, 1.82) is 0 Å². The predicted octanol–water partition coefficient (Wildman–Crippen LogP) is 1.90. The fraction of sp³-hybridized carbons (Fsp3) is 0.538. The van der Waals surface area contributed by atoms with E-state index in [-0.39, 0.29) is 0 Å². The zero-order valence-corrected chi connectivity index (χ0v) is 11.3. The Kier molecular flexibility index (Phi) is 4.00. The molecule has 0 amide bonds. The molecular formula is C13H19ClN2O2. The zero-order chi connectivity index (χ0) is 13.2. The van der Waals surface area contributed by atoms with Gasteiger partial charge in [-0.1, -0.05) is 17.7 Å². The summed E-state index contributed by atoms with van der Waals surface area (Å²) >= 11 is 6.16. The Balaban J connectivity index is 2.14. The Morgan fingerprint density at radius 2 is 2.11 bits per heavy atom. The molecule has 0 aliphatic carbocycles. The molecule has 2 rings (SSSR count). The molecule has 0 radical (unpaired) electrons. The fourth-order valence-electron chi connectivity index (χ4n) is 2.36. The maximum atomic E-state index is 10.5. The minimum atomic E-state index is -0.724. The van der Waals surface area contributed by atoms with Crippen molar-refractivity contribution in [3.05, 3.63) is 23.2 Å². The lowest BCUT2D eigenvalue weighted by atomic mass is 9.93. The highest BCUT2D eigenvalue weighted by molar-refractivity contribution is 6.33. The highest BCUT2D eigenvalue weighted by Gasteiger charge is 2.31. The minimum absolute atomic E-state index is 0.504. The summed E-state index contributed by atoms with van der Waals surface area (Å²) in [5.74, 6) is 0. The highest BCUT2D eigenvalue weighted by Crippen LogP contribution is 2.33. The molecular weight excluding hydrogens is 252 g/mol. The lowest BCUT2D eigenvalue weighted by Crippen LogP contribution is -2.46. The Bertz CT molecular complexity index is 399. The molecule has 0 bridgehead atoms. The molecule has 1 aliphatic rings. The van der Waals surface area contributed by atoms with Crippen LogP contribution in [0, 0.1) is 0 Å². The first kappa shape index (κ1) is 13.5. The van der Waals surface area contributed by atoms with Gasteiger partial charge in [0.2, 0.25) is 0 Å². The number of nitrogen functional groups attached to an aromatic ring is 1. The first-order valence-electron chi connectivity index (χ1n) is 6.07. The fourth-order valence-corrected chi connectivity index (χ4v) is 2.69. The SMILES string of the molecule is CN(CC1(O)CCOCC1)c1c(N)cccc1Cl. The van der Waals surface area contributed by atoms with E-state index in [1.54, 1.807) is 6.07 Å². The van der Waals surface area contributed by atoms with Gasteiger partial charge in [-0.2, -0.15) is 0 Å². The van der Waals surface area contributed by atoms with E-state index < -0.39 is 5.60 Å². The van der Waals surface area contributed by atoms with Gasteiger partial charge in [-0.15, -0.1) is 0 Å². The standard InChI is InChI=1S/C13H19ClN2O2/c1-16(9-13(17)5-7-18-8-6-13)12-10(14)3-2-4-11(12)15/h2-4,17H,5-9,15H2,1H3. The molecule has 1 saturated heterocycles. The van der Waals surface area contributed by atoms with Crippen LogP contribution in [0.5, 0.6) is 0 Å². The van der Waals surface area contributed by atoms with Gasteiger partial charge in [0.25, 0.3) is 0 Å². The molecule has 100 valence electrons. The van der Waals surface area contributed by atoms with Crippen LogP contribution in [0.25, 0.3) is 0 Å². The topological polar surface area (TPSA) is 58.7 Å². The number of aliphatic hydroxyl groups is 1. The van der Waals surface area contributed by atoms with Gasteiger partial charge in [0.15, 0.2) is 0 Å². The van der Waals surface area contributed by atoms with Crippen molar-refractivity contribution in [3.63, 3.8) is 0 Å². The molecule has 1 fully saturated rings. The maximum absolute atomic E-state index is 10.5. The van der Waals surface area contributed by atoms with Crippen molar-refractivity contribution in [2.45, 2.75) is 18.4 Å². The molecule has 0 unspecified atom stereocenters. The van der Waals surface area contributed by atoms with Crippen LogP contribution >= 0.6 is 11.6 Å². The van der Waals surface area contributed by atoms with E-state index in [2.05, 4.69) is 0 Å². The van der Waals surface area contributed by atoms with Crippen LogP contribution in [-0.2, 0) is 4.74 Å². The van der Waals surface area contributed by atoms with Gasteiger partial charge in [0.05, 0.1) is 22.0 Å². The van der Waals surface area contributed by atoms with Gasteiger partial charge in [0.1, 0.15) is 0 Å². The number of para-hydroxylation sites is 1. The van der Waals surface area contributed by atoms with E-state index >= 15 is 0 Å². The Morgan fingerprint density at radius 3 is 2.72 bits per heavy atom. The number of ether oxygens (including phenoxy) is 1. The third-order valence-corrected chi connectivity index (χ3v) is 3.66. The van der Waals surface area contributed by atoms with Gasteiger partial charge >= 0.3 is 0 Å².